The maximum atomic E-state index is 5.56. The van der Waals surface area contributed by atoms with Crippen molar-refractivity contribution in [2.75, 3.05) is 6.61 Å². The molecule has 1 aromatic carbocycles. The van der Waals surface area contributed by atoms with Gasteiger partial charge in [-0.05, 0) is 74.4 Å². The van der Waals surface area contributed by atoms with E-state index in [9.17, 15) is 0 Å². The Balaban J connectivity index is 1.74. The largest absolute Gasteiger partial charge is 0.494 e. The fourth-order valence-corrected chi connectivity index (χ4v) is 3.23. The van der Waals surface area contributed by atoms with E-state index < -0.39 is 0 Å². The van der Waals surface area contributed by atoms with Gasteiger partial charge in [-0.15, -0.1) is 0 Å². The quantitative estimate of drug-likeness (QED) is 0.601. The Morgan fingerprint density at radius 3 is 2.36 bits per heavy atom. The van der Waals surface area contributed by atoms with Crippen molar-refractivity contribution < 1.29 is 4.74 Å². The van der Waals surface area contributed by atoms with Crippen molar-refractivity contribution in [2.24, 2.45) is 11.8 Å². The molecule has 0 spiro atoms. The molecule has 1 aliphatic carbocycles. The zero-order chi connectivity index (χ0) is 17.7. The Labute approximate surface area is 153 Å². The van der Waals surface area contributed by atoms with Crippen LogP contribution >= 0.6 is 0 Å². The highest BCUT2D eigenvalue weighted by Gasteiger charge is 2.18. The van der Waals surface area contributed by atoms with Gasteiger partial charge in [0.2, 0.25) is 0 Å². The van der Waals surface area contributed by atoms with E-state index in [1.807, 2.05) is 36.4 Å². The third-order valence-electron chi connectivity index (χ3n) is 4.62. The monoisotopic (exact) mass is 334 g/mol. The molecule has 0 N–H and O–H groups in total. The minimum Gasteiger partial charge on any atom is -0.494 e. The van der Waals surface area contributed by atoms with Gasteiger partial charge in [-0.1, -0.05) is 50.4 Å². The molecule has 0 bridgehead atoms. The maximum Gasteiger partial charge on any atom is 0.119 e. The first-order valence-corrected chi connectivity index (χ1v) is 9.72. The van der Waals surface area contributed by atoms with Gasteiger partial charge in [-0.3, -0.25) is 0 Å². The van der Waals surface area contributed by atoms with Crippen LogP contribution < -0.4 is 4.74 Å². The predicted molar refractivity (Wildman–Crippen MR) is 106 cm³/mol. The Kier molecular flexibility index (Phi) is 8.79. The molecule has 0 radical (unpaired) electrons. The molecule has 0 atom stereocenters. The van der Waals surface area contributed by atoms with E-state index in [1.54, 1.807) is 0 Å². The van der Waals surface area contributed by atoms with Crippen molar-refractivity contribution in [1.82, 2.24) is 0 Å². The summed E-state index contributed by atoms with van der Waals surface area (Å²) in [5, 5.41) is 0. The van der Waals surface area contributed by atoms with Crippen molar-refractivity contribution in [3.05, 3.63) is 42.0 Å². The lowest BCUT2D eigenvalue weighted by Crippen LogP contribution is -2.12. The van der Waals surface area contributed by atoms with E-state index in [2.05, 4.69) is 37.5 Å². The maximum absolute atomic E-state index is 5.56. The van der Waals surface area contributed by atoms with E-state index in [0.717, 1.165) is 30.3 Å². The molecule has 0 saturated heterocycles. The smallest absolute Gasteiger partial charge is 0.119 e. The second-order valence-corrected chi connectivity index (χ2v) is 6.77. The molecule has 1 nitrogen and oxygen atoms in total. The lowest BCUT2D eigenvalue weighted by Gasteiger charge is -2.25. The van der Waals surface area contributed by atoms with E-state index >= 15 is 0 Å². The van der Waals surface area contributed by atoms with Crippen LogP contribution in [0.1, 0.15) is 64.4 Å². The number of hydrogen-bond donors (Lipinski definition) is 0. The van der Waals surface area contributed by atoms with Crippen molar-refractivity contribution in [3.8, 4) is 29.4 Å². The van der Waals surface area contributed by atoms with Crippen LogP contribution in [0.15, 0.2) is 36.4 Å². The van der Waals surface area contributed by atoms with Gasteiger partial charge in [0.05, 0.1) is 6.61 Å². The van der Waals surface area contributed by atoms with Crippen LogP contribution in [0.2, 0.25) is 0 Å². The van der Waals surface area contributed by atoms with E-state index in [0.29, 0.717) is 5.92 Å². The second-order valence-electron chi connectivity index (χ2n) is 6.77. The molecule has 132 valence electrons. The van der Waals surface area contributed by atoms with Crippen LogP contribution in [-0.2, 0) is 0 Å². The molecule has 0 amide bonds. The van der Waals surface area contributed by atoms with Crippen LogP contribution in [0.25, 0.3) is 0 Å². The van der Waals surface area contributed by atoms with Gasteiger partial charge in [0.15, 0.2) is 0 Å². The molecule has 1 fully saturated rings. The van der Waals surface area contributed by atoms with Crippen LogP contribution in [-0.4, -0.2) is 6.61 Å². The predicted octanol–water partition coefficient (Wildman–Crippen LogP) is 5.99. The highest BCUT2D eigenvalue weighted by atomic mass is 16.5. The Morgan fingerprint density at radius 2 is 1.68 bits per heavy atom. The molecule has 0 aliphatic heterocycles. The van der Waals surface area contributed by atoms with Gasteiger partial charge in [0.1, 0.15) is 5.75 Å². The average Bonchev–Trinajstić information content (AvgIpc) is 2.65. The fraction of sp³-hybridized carbons (Fsp3) is 0.500. The van der Waals surface area contributed by atoms with Crippen LogP contribution in [0, 0.1) is 35.5 Å². The van der Waals surface area contributed by atoms with E-state index in [1.165, 1.54) is 38.5 Å². The summed E-state index contributed by atoms with van der Waals surface area (Å²) in [6.07, 6.45) is 12.7. The number of benzene rings is 1. The van der Waals surface area contributed by atoms with Crippen molar-refractivity contribution in [1.29, 1.82) is 0 Å². The third kappa shape index (κ3) is 7.53. The molecule has 25 heavy (non-hydrogen) atoms. The van der Waals surface area contributed by atoms with Gasteiger partial charge in [-0.25, -0.2) is 0 Å². The summed E-state index contributed by atoms with van der Waals surface area (Å²) in [5.74, 6) is 15.2. The van der Waals surface area contributed by atoms with E-state index in [-0.39, 0.29) is 0 Å². The Morgan fingerprint density at radius 1 is 0.960 bits per heavy atom. The van der Waals surface area contributed by atoms with Gasteiger partial charge in [-0.2, -0.15) is 0 Å². The molecule has 1 aliphatic rings. The van der Waals surface area contributed by atoms with Crippen molar-refractivity contribution >= 4 is 0 Å². The molecular weight excluding hydrogens is 304 g/mol. The Bertz CT molecular complexity index is 637. The van der Waals surface area contributed by atoms with Crippen LogP contribution in [0.4, 0.5) is 0 Å². The summed E-state index contributed by atoms with van der Waals surface area (Å²) in [7, 11) is 0. The minimum absolute atomic E-state index is 0.585. The van der Waals surface area contributed by atoms with Crippen molar-refractivity contribution in [2.45, 2.75) is 58.8 Å². The number of hydrogen-bond acceptors (Lipinski definition) is 1. The average molecular weight is 335 g/mol. The first kappa shape index (κ1) is 19.2. The summed E-state index contributed by atoms with van der Waals surface area (Å²) < 4.78 is 5.56. The topological polar surface area (TPSA) is 9.23 Å². The molecule has 1 aromatic rings. The lowest BCUT2D eigenvalue weighted by atomic mass is 9.80. The summed E-state index contributed by atoms with van der Waals surface area (Å²) in [6, 6.07) is 7.93. The first-order valence-electron chi connectivity index (χ1n) is 9.72. The molecule has 0 aromatic heterocycles. The van der Waals surface area contributed by atoms with Gasteiger partial charge >= 0.3 is 0 Å². The number of ether oxygens (including phenoxy) is 1. The number of rotatable bonds is 5. The van der Waals surface area contributed by atoms with E-state index in [4.69, 9.17) is 4.74 Å². The zero-order valence-corrected chi connectivity index (χ0v) is 15.7. The number of allylic oxidation sites excluding steroid dienone is 2. The first-order chi connectivity index (χ1) is 12.3. The molecule has 0 heterocycles. The summed E-state index contributed by atoms with van der Waals surface area (Å²) in [6.45, 7) is 5.14. The van der Waals surface area contributed by atoms with Crippen LogP contribution in [0.3, 0.4) is 0 Å². The Hall–Kier alpha value is -2.12. The van der Waals surface area contributed by atoms with Gasteiger partial charge in [0.25, 0.3) is 0 Å². The fourth-order valence-electron chi connectivity index (χ4n) is 3.23. The summed E-state index contributed by atoms with van der Waals surface area (Å²) in [5.41, 5.74) is 0.996. The van der Waals surface area contributed by atoms with Crippen molar-refractivity contribution in [3.63, 3.8) is 0 Å². The normalized spacial score (nSPS) is 19.6. The third-order valence-corrected chi connectivity index (χ3v) is 4.62. The lowest BCUT2D eigenvalue weighted by molar-refractivity contribution is 0.300. The van der Waals surface area contributed by atoms with Crippen LogP contribution in [0.5, 0.6) is 5.75 Å². The minimum atomic E-state index is 0.585. The van der Waals surface area contributed by atoms with Gasteiger partial charge in [0, 0.05) is 11.5 Å². The standard InChI is InChI=1S/C24H30O/c1-3-9-21-12-14-22(15-13-21)10-7-5-6-8-11-23-16-18-24(19-17-23)25-20-4-2/h5-6,16-19,21-22H,3-4,9,12-15,20H2,1-2H3/b6-5+/t21-,22-. The second kappa shape index (κ2) is 11.4. The molecular formula is C24H30O. The SMILES string of the molecule is CCCOc1ccc(C#C/C=C/C#C[C@H]2CC[C@H](CCC)CC2)cc1. The highest BCUT2D eigenvalue weighted by molar-refractivity contribution is 5.40. The molecule has 0 unspecified atom stereocenters. The van der Waals surface area contributed by atoms with Gasteiger partial charge < -0.3 is 4.74 Å². The zero-order valence-electron chi connectivity index (χ0n) is 15.7. The molecule has 1 saturated carbocycles. The molecule has 2 rings (SSSR count). The highest BCUT2D eigenvalue weighted by Crippen LogP contribution is 2.30. The molecule has 1 heteroatoms. The summed E-state index contributed by atoms with van der Waals surface area (Å²) >= 11 is 0. The summed E-state index contributed by atoms with van der Waals surface area (Å²) in [4.78, 5) is 0.